The predicted octanol–water partition coefficient (Wildman–Crippen LogP) is 3.48. The quantitative estimate of drug-likeness (QED) is 0.696. The van der Waals surface area contributed by atoms with Gasteiger partial charge in [-0.15, -0.1) is 0 Å². The molecule has 0 aliphatic rings. The van der Waals surface area contributed by atoms with Gasteiger partial charge in [-0.25, -0.2) is 0 Å². The fourth-order valence-electron chi connectivity index (χ4n) is 2.48. The first-order valence-electron chi connectivity index (χ1n) is 8.32. The number of hydrogen-bond donors (Lipinski definition) is 2. The minimum atomic E-state index is 0.0949. The van der Waals surface area contributed by atoms with E-state index in [2.05, 4.69) is 41.8 Å². The molecule has 0 saturated carbocycles. The highest BCUT2D eigenvalue weighted by Crippen LogP contribution is 2.17. The summed E-state index contributed by atoms with van der Waals surface area (Å²) in [5.74, 6) is 0.632. The maximum Gasteiger partial charge on any atom is 0.221 e. The van der Waals surface area contributed by atoms with Gasteiger partial charge in [-0.3, -0.25) is 4.79 Å². The summed E-state index contributed by atoms with van der Waals surface area (Å²) in [5.41, 5.74) is 2.50. The van der Waals surface area contributed by atoms with Crippen LogP contribution in [0.2, 0.25) is 0 Å². The van der Waals surface area contributed by atoms with Gasteiger partial charge in [-0.05, 0) is 30.0 Å². The van der Waals surface area contributed by atoms with E-state index in [-0.39, 0.29) is 5.91 Å². The molecule has 0 radical (unpaired) electrons. The fourth-order valence-corrected chi connectivity index (χ4v) is 2.48. The summed E-state index contributed by atoms with van der Waals surface area (Å²) in [6, 6.07) is 20.5. The Hall–Kier alpha value is -2.13. The largest absolute Gasteiger partial charge is 0.352 e. The molecule has 2 rings (SSSR count). The van der Waals surface area contributed by atoms with Gasteiger partial charge in [0, 0.05) is 19.5 Å². The second-order valence-corrected chi connectivity index (χ2v) is 5.86. The van der Waals surface area contributed by atoms with Crippen molar-refractivity contribution in [1.82, 2.24) is 10.6 Å². The van der Waals surface area contributed by atoms with E-state index in [0.717, 1.165) is 25.1 Å². The van der Waals surface area contributed by atoms with Crippen molar-refractivity contribution in [3.05, 3.63) is 71.8 Å². The van der Waals surface area contributed by atoms with Gasteiger partial charge in [-0.1, -0.05) is 67.6 Å². The molecule has 0 bridgehead atoms. The van der Waals surface area contributed by atoms with Crippen LogP contribution in [-0.2, 0) is 11.3 Å². The standard InChI is InChI=1S/C20H26N2O/c1-17(19-10-6-3-7-11-19)12-14-21-15-13-20(23)22-16-18-8-4-2-5-9-18/h2-11,17,21H,12-16H2,1H3,(H,22,23). The number of rotatable bonds is 9. The van der Waals surface area contributed by atoms with Crippen LogP contribution in [0.5, 0.6) is 0 Å². The van der Waals surface area contributed by atoms with E-state index in [1.165, 1.54) is 5.56 Å². The van der Waals surface area contributed by atoms with E-state index < -0.39 is 0 Å². The first kappa shape index (κ1) is 17.2. The van der Waals surface area contributed by atoms with Gasteiger partial charge in [0.2, 0.25) is 5.91 Å². The molecule has 0 aromatic heterocycles. The third-order valence-electron chi connectivity index (χ3n) is 3.98. The molecule has 3 heteroatoms. The van der Waals surface area contributed by atoms with Crippen LogP contribution in [0.1, 0.15) is 36.8 Å². The molecule has 23 heavy (non-hydrogen) atoms. The van der Waals surface area contributed by atoms with Crippen LogP contribution in [0.3, 0.4) is 0 Å². The maximum atomic E-state index is 11.8. The van der Waals surface area contributed by atoms with E-state index in [1.54, 1.807) is 0 Å². The SMILES string of the molecule is CC(CCNCCC(=O)NCc1ccccc1)c1ccccc1. The normalized spacial score (nSPS) is 11.9. The van der Waals surface area contributed by atoms with Crippen molar-refractivity contribution in [3.8, 4) is 0 Å². The van der Waals surface area contributed by atoms with Crippen molar-refractivity contribution in [3.63, 3.8) is 0 Å². The molecule has 1 atom stereocenters. The van der Waals surface area contributed by atoms with Crippen molar-refractivity contribution in [1.29, 1.82) is 0 Å². The number of benzene rings is 2. The van der Waals surface area contributed by atoms with E-state index in [9.17, 15) is 4.79 Å². The predicted molar refractivity (Wildman–Crippen MR) is 95.2 cm³/mol. The molecule has 0 aliphatic carbocycles. The molecule has 3 nitrogen and oxygen atoms in total. The monoisotopic (exact) mass is 310 g/mol. The van der Waals surface area contributed by atoms with E-state index in [4.69, 9.17) is 0 Å². The van der Waals surface area contributed by atoms with Gasteiger partial charge in [0.1, 0.15) is 0 Å². The Morgan fingerprint density at radius 2 is 1.61 bits per heavy atom. The molecule has 0 heterocycles. The zero-order chi connectivity index (χ0) is 16.3. The van der Waals surface area contributed by atoms with E-state index in [0.29, 0.717) is 18.9 Å². The summed E-state index contributed by atoms with van der Waals surface area (Å²) >= 11 is 0. The van der Waals surface area contributed by atoms with Crippen LogP contribution < -0.4 is 10.6 Å². The average Bonchev–Trinajstić information content (AvgIpc) is 2.61. The van der Waals surface area contributed by atoms with Gasteiger partial charge in [-0.2, -0.15) is 0 Å². The second-order valence-electron chi connectivity index (χ2n) is 5.86. The molecule has 2 aromatic rings. The summed E-state index contributed by atoms with van der Waals surface area (Å²) < 4.78 is 0. The van der Waals surface area contributed by atoms with Gasteiger partial charge < -0.3 is 10.6 Å². The van der Waals surface area contributed by atoms with E-state index >= 15 is 0 Å². The highest BCUT2D eigenvalue weighted by atomic mass is 16.1. The maximum absolute atomic E-state index is 11.8. The van der Waals surface area contributed by atoms with Gasteiger partial charge >= 0.3 is 0 Å². The van der Waals surface area contributed by atoms with Crippen molar-refractivity contribution < 1.29 is 4.79 Å². The molecule has 1 unspecified atom stereocenters. The number of hydrogen-bond acceptors (Lipinski definition) is 2. The Balaban J connectivity index is 1.54. The van der Waals surface area contributed by atoms with Crippen molar-refractivity contribution >= 4 is 5.91 Å². The first-order valence-corrected chi connectivity index (χ1v) is 8.32. The summed E-state index contributed by atoms with van der Waals surface area (Å²) in [6.45, 7) is 4.50. The number of carbonyl (C=O) groups excluding carboxylic acids is 1. The lowest BCUT2D eigenvalue weighted by molar-refractivity contribution is -0.121. The lowest BCUT2D eigenvalue weighted by Crippen LogP contribution is -2.28. The lowest BCUT2D eigenvalue weighted by Gasteiger charge is -2.12. The molecule has 0 spiro atoms. The Morgan fingerprint density at radius 3 is 2.30 bits per heavy atom. The Kier molecular flexibility index (Phi) is 7.34. The molecule has 2 N–H and O–H groups in total. The molecular formula is C20H26N2O. The summed E-state index contributed by atoms with van der Waals surface area (Å²) in [5, 5.41) is 6.30. The number of amides is 1. The molecule has 0 aliphatic heterocycles. The zero-order valence-corrected chi connectivity index (χ0v) is 13.8. The summed E-state index contributed by atoms with van der Waals surface area (Å²) in [7, 11) is 0. The van der Waals surface area contributed by atoms with Crippen LogP contribution in [0, 0.1) is 0 Å². The Labute approximate surface area is 139 Å². The first-order chi connectivity index (χ1) is 11.3. The molecule has 2 aromatic carbocycles. The second kappa shape index (κ2) is 9.80. The highest BCUT2D eigenvalue weighted by molar-refractivity contribution is 5.76. The minimum Gasteiger partial charge on any atom is -0.352 e. The molecule has 1 amide bonds. The Morgan fingerprint density at radius 1 is 0.957 bits per heavy atom. The zero-order valence-electron chi connectivity index (χ0n) is 13.8. The van der Waals surface area contributed by atoms with Gasteiger partial charge in [0.05, 0.1) is 0 Å². The van der Waals surface area contributed by atoms with Gasteiger partial charge in [0.25, 0.3) is 0 Å². The summed E-state index contributed by atoms with van der Waals surface area (Å²) in [6.07, 6.45) is 1.60. The highest BCUT2D eigenvalue weighted by Gasteiger charge is 2.05. The lowest BCUT2D eigenvalue weighted by atomic mass is 9.98. The van der Waals surface area contributed by atoms with E-state index in [1.807, 2.05) is 36.4 Å². The number of carbonyl (C=O) groups is 1. The topological polar surface area (TPSA) is 41.1 Å². The molecule has 0 saturated heterocycles. The van der Waals surface area contributed by atoms with Crippen LogP contribution in [0.4, 0.5) is 0 Å². The smallest absolute Gasteiger partial charge is 0.221 e. The van der Waals surface area contributed by atoms with Crippen LogP contribution in [0.25, 0.3) is 0 Å². The van der Waals surface area contributed by atoms with Gasteiger partial charge in [0.15, 0.2) is 0 Å². The molecular weight excluding hydrogens is 284 g/mol. The fraction of sp³-hybridized carbons (Fsp3) is 0.350. The minimum absolute atomic E-state index is 0.0949. The third kappa shape index (κ3) is 6.66. The summed E-state index contributed by atoms with van der Waals surface area (Å²) in [4.78, 5) is 11.8. The molecule has 0 fully saturated rings. The third-order valence-corrected chi connectivity index (χ3v) is 3.98. The number of nitrogens with one attached hydrogen (secondary N) is 2. The van der Waals surface area contributed by atoms with Crippen LogP contribution in [-0.4, -0.2) is 19.0 Å². The Bertz CT molecular complexity index is 569. The molecule has 122 valence electrons. The average molecular weight is 310 g/mol. The van der Waals surface area contributed by atoms with Crippen molar-refractivity contribution in [2.24, 2.45) is 0 Å². The van der Waals surface area contributed by atoms with Crippen LogP contribution >= 0.6 is 0 Å². The van der Waals surface area contributed by atoms with Crippen molar-refractivity contribution in [2.75, 3.05) is 13.1 Å². The van der Waals surface area contributed by atoms with Crippen LogP contribution in [0.15, 0.2) is 60.7 Å². The van der Waals surface area contributed by atoms with Crippen molar-refractivity contribution in [2.45, 2.75) is 32.2 Å².